The van der Waals surface area contributed by atoms with E-state index in [2.05, 4.69) is 50.0 Å². The zero-order valence-corrected chi connectivity index (χ0v) is 22.2. The average molecular weight is 521 g/mol. The highest BCUT2D eigenvalue weighted by molar-refractivity contribution is 6.03. The molecule has 5 nitrogen and oxygen atoms in total. The third-order valence-corrected chi connectivity index (χ3v) is 9.16. The van der Waals surface area contributed by atoms with E-state index in [1.54, 1.807) is 12.1 Å². The van der Waals surface area contributed by atoms with E-state index in [-0.39, 0.29) is 16.7 Å². The van der Waals surface area contributed by atoms with Crippen LogP contribution in [0.3, 0.4) is 0 Å². The van der Waals surface area contributed by atoms with Crippen LogP contribution in [0.5, 0.6) is 11.5 Å². The van der Waals surface area contributed by atoms with Crippen LogP contribution < -0.4 is 4.74 Å². The minimum absolute atomic E-state index is 0.157. The van der Waals surface area contributed by atoms with Gasteiger partial charge in [-0.1, -0.05) is 43.9 Å². The SMILES string of the molecule is CC12CC3CC(C1)C(c1ccc(Oc4ccc(C#Cc5cccc(C(=O)O)c5C(=O)O)cc4)cc1)C(C)(C3)C2. The van der Waals surface area contributed by atoms with E-state index in [9.17, 15) is 19.8 Å². The van der Waals surface area contributed by atoms with E-state index in [1.165, 1.54) is 55.9 Å². The lowest BCUT2D eigenvalue weighted by Gasteiger charge is -2.64. The van der Waals surface area contributed by atoms with Crippen LogP contribution >= 0.6 is 0 Å². The average Bonchev–Trinajstić information content (AvgIpc) is 2.87. The fraction of sp³-hybridized carbons (Fsp3) is 0.353. The molecule has 5 heteroatoms. The van der Waals surface area contributed by atoms with Crippen molar-refractivity contribution in [3.05, 3.63) is 94.5 Å². The molecule has 4 saturated carbocycles. The Bertz CT molecular complexity index is 1510. The summed E-state index contributed by atoms with van der Waals surface area (Å²) in [5, 5.41) is 18.8. The summed E-state index contributed by atoms with van der Waals surface area (Å²) in [4.78, 5) is 23.0. The Morgan fingerprint density at radius 3 is 2.15 bits per heavy atom. The molecule has 4 bridgehead atoms. The minimum atomic E-state index is -1.32. The summed E-state index contributed by atoms with van der Waals surface area (Å²) in [6.45, 7) is 5.03. The van der Waals surface area contributed by atoms with Crippen LogP contribution in [-0.2, 0) is 0 Å². The highest BCUT2D eigenvalue weighted by Crippen LogP contribution is 2.69. The summed E-state index contributed by atoms with van der Waals surface area (Å²) >= 11 is 0. The number of carboxylic acids is 2. The Balaban J connectivity index is 1.15. The first-order chi connectivity index (χ1) is 18.6. The summed E-state index contributed by atoms with van der Waals surface area (Å²) in [6, 6.07) is 20.2. The largest absolute Gasteiger partial charge is 0.478 e. The van der Waals surface area contributed by atoms with E-state index in [4.69, 9.17) is 4.74 Å². The summed E-state index contributed by atoms with van der Waals surface area (Å²) in [5.74, 6) is 6.92. The number of hydrogen-bond donors (Lipinski definition) is 2. The molecular weight excluding hydrogens is 488 g/mol. The molecule has 7 rings (SSSR count). The van der Waals surface area contributed by atoms with E-state index in [0.29, 0.717) is 28.1 Å². The van der Waals surface area contributed by atoms with E-state index < -0.39 is 11.9 Å². The Kier molecular flexibility index (Phi) is 6.03. The van der Waals surface area contributed by atoms with E-state index >= 15 is 0 Å². The highest BCUT2D eigenvalue weighted by atomic mass is 16.5. The van der Waals surface area contributed by atoms with Crippen LogP contribution in [0.15, 0.2) is 66.7 Å². The van der Waals surface area contributed by atoms with Gasteiger partial charge in [-0.25, -0.2) is 9.59 Å². The molecule has 0 heterocycles. The minimum Gasteiger partial charge on any atom is -0.478 e. The fourth-order valence-corrected chi connectivity index (χ4v) is 8.44. The molecular formula is C34H32O5. The van der Waals surface area contributed by atoms with Gasteiger partial charge in [-0.2, -0.15) is 0 Å². The van der Waals surface area contributed by atoms with Crippen molar-refractivity contribution in [3.63, 3.8) is 0 Å². The second-order valence-electron chi connectivity index (χ2n) is 12.4. The maximum Gasteiger partial charge on any atom is 0.337 e. The maximum absolute atomic E-state index is 11.6. The van der Waals surface area contributed by atoms with Gasteiger partial charge in [-0.3, -0.25) is 0 Å². The number of carbonyl (C=O) groups is 2. The second-order valence-corrected chi connectivity index (χ2v) is 12.4. The molecule has 0 amide bonds. The van der Waals surface area contributed by atoms with Crippen molar-refractivity contribution in [1.82, 2.24) is 0 Å². The Hall–Kier alpha value is -4.04. The predicted molar refractivity (Wildman–Crippen MR) is 148 cm³/mol. The lowest BCUT2D eigenvalue weighted by atomic mass is 9.40. The molecule has 0 spiro atoms. The number of aromatic carboxylic acids is 2. The van der Waals surface area contributed by atoms with Crippen molar-refractivity contribution in [2.24, 2.45) is 22.7 Å². The van der Waals surface area contributed by atoms with Crippen LogP contribution in [0.1, 0.15) is 89.3 Å². The van der Waals surface area contributed by atoms with E-state index in [0.717, 1.165) is 17.6 Å². The zero-order valence-electron chi connectivity index (χ0n) is 22.2. The third-order valence-electron chi connectivity index (χ3n) is 9.16. The van der Waals surface area contributed by atoms with Gasteiger partial charge in [0.05, 0.1) is 11.1 Å². The van der Waals surface area contributed by atoms with Crippen molar-refractivity contribution in [3.8, 4) is 23.3 Å². The summed E-state index contributed by atoms with van der Waals surface area (Å²) in [5.41, 5.74) is 2.61. The van der Waals surface area contributed by atoms with Crippen LogP contribution in [0.4, 0.5) is 0 Å². The standard InChI is InChI=1S/C34H32O5/c1-33-17-22-16-25(19-33)30(34(2,18-22)20-33)24-10-14-27(15-11-24)39-26-12-7-21(8-13-26)6-9-23-4-3-5-28(31(35)36)29(23)32(37)38/h3-5,7-8,10-15,22,25,30H,16-20H2,1-2H3,(H,35,36)(H,37,38). The molecule has 198 valence electrons. The number of benzene rings is 3. The molecule has 2 N–H and O–H groups in total. The topological polar surface area (TPSA) is 83.8 Å². The normalized spacial score (nSPS) is 28.4. The van der Waals surface area contributed by atoms with Crippen molar-refractivity contribution in [2.45, 2.75) is 51.9 Å². The summed E-state index contributed by atoms with van der Waals surface area (Å²) in [7, 11) is 0. The number of carboxylic acid groups (broad SMARTS) is 2. The van der Waals surface area contributed by atoms with Crippen molar-refractivity contribution >= 4 is 11.9 Å². The molecule has 0 radical (unpaired) electrons. The van der Waals surface area contributed by atoms with Gasteiger partial charge in [-0.15, -0.1) is 0 Å². The molecule has 4 aliphatic rings. The molecule has 5 atom stereocenters. The predicted octanol–water partition coefficient (Wildman–Crippen LogP) is 7.60. The maximum atomic E-state index is 11.6. The summed E-state index contributed by atoms with van der Waals surface area (Å²) in [6.07, 6.45) is 6.86. The first kappa shape index (κ1) is 25.2. The lowest BCUT2D eigenvalue weighted by Crippen LogP contribution is -2.53. The lowest BCUT2D eigenvalue weighted by molar-refractivity contribution is -0.111. The van der Waals surface area contributed by atoms with Crippen molar-refractivity contribution < 1.29 is 24.5 Å². The third kappa shape index (κ3) is 4.69. The molecule has 0 aliphatic heterocycles. The molecule has 0 aromatic heterocycles. The van der Waals surface area contributed by atoms with Crippen LogP contribution in [0.2, 0.25) is 0 Å². The zero-order chi connectivity index (χ0) is 27.4. The Morgan fingerprint density at radius 2 is 1.54 bits per heavy atom. The number of hydrogen-bond acceptors (Lipinski definition) is 3. The molecule has 4 fully saturated rings. The van der Waals surface area contributed by atoms with Gasteiger partial charge < -0.3 is 14.9 Å². The number of ether oxygens (including phenoxy) is 1. The van der Waals surface area contributed by atoms with Gasteiger partial charge >= 0.3 is 11.9 Å². The van der Waals surface area contributed by atoms with Gasteiger partial charge in [0.15, 0.2) is 0 Å². The molecule has 0 saturated heterocycles. The van der Waals surface area contributed by atoms with Crippen molar-refractivity contribution in [2.75, 3.05) is 0 Å². The van der Waals surface area contributed by atoms with Crippen molar-refractivity contribution in [1.29, 1.82) is 0 Å². The molecule has 5 unspecified atom stereocenters. The van der Waals surface area contributed by atoms with Gasteiger partial charge in [0.1, 0.15) is 11.5 Å². The van der Waals surface area contributed by atoms with Gasteiger partial charge in [0, 0.05) is 11.1 Å². The Morgan fingerprint density at radius 1 is 0.846 bits per heavy atom. The number of rotatable bonds is 5. The second kappa shape index (κ2) is 9.31. The smallest absolute Gasteiger partial charge is 0.337 e. The van der Waals surface area contributed by atoms with Crippen LogP contribution in [-0.4, -0.2) is 22.2 Å². The van der Waals surface area contributed by atoms with Gasteiger partial charge in [0.2, 0.25) is 0 Å². The van der Waals surface area contributed by atoms with E-state index in [1.807, 2.05) is 12.1 Å². The molecule has 4 aliphatic carbocycles. The molecule has 3 aromatic rings. The first-order valence-electron chi connectivity index (χ1n) is 13.6. The first-order valence-corrected chi connectivity index (χ1v) is 13.6. The molecule has 39 heavy (non-hydrogen) atoms. The van der Waals surface area contributed by atoms with Gasteiger partial charge in [0.25, 0.3) is 0 Å². The quantitative estimate of drug-likeness (QED) is 0.339. The summed E-state index contributed by atoms with van der Waals surface area (Å²) < 4.78 is 6.10. The van der Waals surface area contributed by atoms with Gasteiger partial charge in [-0.05, 0) is 115 Å². The van der Waals surface area contributed by atoms with Crippen LogP contribution in [0.25, 0.3) is 0 Å². The van der Waals surface area contributed by atoms with Crippen LogP contribution in [0, 0.1) is 34.5 Å². The fourth-order valence-electron chi connectivity index (χ4n) is 8.44. The monoisotopic (exact) mass is 520 g/mol. The highest BCUT2D eigenvalue weighted by Gasteiger charge is 2.58. The molecule has 3 aromatic carbocycles. The Labute approximate surface area is 228 Å².